The number of carbonyl (C=O) groups excluding carboxylic acids is 2. The van der Waals surface area contributed by atoms with Crippen LogP contribution in [0.5, 0.6) is 5.75 Å². The molecular weight excluding hydrogens is 451 g/mol. The van der Waals surface area contributed by atoms with Crippen LogP contribution in [0.3, 0.4) is 0 Å². The number of anilines is 1. The van der Waals surface area contributed by atoms with Gasteiger partial charge in [-0.15, -0.1) is 13.2 Å². The second kappa shape index (κ2) is 9.69. The number of nitrogens with zero attached hydrogens (tertiary/aromatic N) is 5. The minimum absolute atomic E-state index is 0.203. The topological polar surface area (TPSA) is 88.0 Å². The van der Waals surface area contributed by atoms with Crippen molar-refractivity contribution in [3.05, 3.63) is 83.8 Å². The van der Waals surface area contributed by atoms with Gasteiger partial charge in [-0.05, 0) is 42.0 Å². The molecule has 8 nitrogen and oxygen atoms in total. The summed E-state index contributed by atoms with van der Waals surface area (Å²) in [4.78, 5) is 40.4. The molecule has 34 heavy (non-hydrogen) atoms. The van der Waals surface area contributed by atoms with Gasteiger partial charge in [0.2, 0.25) is 0 Å². The summed E-state index contributed by atoms with van der Waals surface area (Å²) in [5.74, 6) is -0.527. The van der Waals surface area contributed by atoms with Gasteiger partial charge in [0, 0.05) is 37.6 Å². The average Bonchev–Trinajstić information content (AvgIpc) is 3.18. The summed E-state index contributed by atoms with van der Waals surface area (Å²) in [6.45, 7) is 0.932. The minimum atomic E-state index is -4.76. The first kappa shape index (κ1) is 22.9. The van der Waals surface area contributed by atoms with Crippen molar-refractivity contribution in [1.82, 2.24) is 14.9 Å². The highest BCUT2D eigenvalue weighted by atomic mass is 19.4. The van der Waals surface area contributed by atoms with Crippen molar-refractivity contribution in [2.45, 2.75) is 12.9 Å². The molecule has 3 heterocycles. The van der Waals surface area contributed by atoms with Crippen molar-refractivity contribution in [3.63, 3.8) is 0 Å². The minimum Gasteiger partial charge on any atom is -0.406 e. The number of pyridine rings is 2. The average molecular weight is 469 g/mol. The SMILES string of the molecule is O=C(N=Cc1ccccn1)c1ccnc(N2CCN(Cc3ccc(OC(F)(F)F)cc3)C2=O)c1. The first-order valence-corrected chi connectivity index (χ1v) is 10.1. The van der Waals surface area contributed by atoms with Gasteiger partial charge in [-0.3, -0.25) is 14.7 Å². The molecule has 0 unspecified atom stereocenters. The Morgan fingerprint density at radius 1 is 1.06 bits per heavy atom. The predicted octanol–water partition coefficient (Wildman–Crippen LogP) is 4.08. The van der Waals surface area contributed by atoms with Crippen LogP contribution in [0.2, 0.25) is 0 Å². The van der Waals surface area contributed by atoms with E-state index in [9.17, 15) is 22.8 Å². The van der Waals surface area contributed by atoms with E-state index in [1.807, 2.05) is 0 Å². The fraction of sp³-hybridized carbons (Fsp3) is 0.174. The zero-order valence-corrected chi connectivity index (χ0v) is 17.6. The van der Waals surface area contributed by atoms with Crippen molar-refractivity contribution in [1.29, 1.82) is 0 Å². The van der Waals surface area contributed by atoms with Gasteiger partial charge < -0.3 is 9.64 Å². The Labute approximate surface area is 192 Å². The molecule has 1 aromatic carbocycles. The van der Waals surface area contributed by atoms with Gasteiger partial charge in [0.05, 0.1) is 11.9 Å². The third-order valence-corrected chi connectivity index (χ3v) is 4.90. The van der Waals surface area contributed by atoms with Gasteiger partial charge in [-0.1, -0.05) is 18.2 Å². The van der Waals surface area contributed by atoms with E-state index in [4.69, 9.17) is 0 Å². The zero-order valence-electron chi connectivity index (χ0n) is 17.6. The highest BCUT2D eigenvalue weighted by molar-refractivity contribution is 6.02. The molecule has 0 aliphatic carbocycles. The summed E-state index contributed by atoms with van der Waals surface area (Å²) >= 11 is 0. The van der Waals surface area contributed by atoms with Crippen LogP contribution >= 0.6 is 0 Å². The van der Waals surface area contributed by atoms with E-state index < -0.39 is 12.3 Å². The summed E-state index contributed by atoms with van der Waals surface area (Å²) < 4.78 is 40.8. The lowest BCUT2D eigenvalue weighted by atomic mass is 10.2. The lowest BCUT2D eigenvalue weighted by molar-refractivity contribution is -0.274. The number of amides is 3. The number of hydrogen-bond donors (Lipinski definition) is 0. The highest BCUT2D eigenvalue weighted by Gasteiger charge is 2.32. The van der Waals surface area contributed by atoms with Crippen LogP contribution in [-0.2, 0) is 6.54 Å². The van der Waals surface area contributed by atoms with Gasteiger partial charge in [-0.25, -0.2) is 14.8 Å². The van der Waals surface area contributed by atoms with E-state index >= 15 is 0 Å². The summed E-state index contributed by atoms with van der Waals surface area (Å²) in [6.07, 6.45) is -0.393. The number of rotatable bonds is 6. The monoisotopic (exact) mass is 469 g/mol. The molecule has 3 amide bonds. The first-order valence-electron chi connectivity index (χ1n) is 10.1. The van der Waals surface area contributed by atoms with Gasteiger partial charge in [0.1, 0.15) is 11.6 Å². The normalized spacial score (nSPS) is 14.1. The van der Waals surface area contributed by atoms with E-state index in [1.54, 1.807) is 24.4 Å². The lowest BCUT2D eigenvalue weighted by Crippen LogP contribution is -2.32. The number of halogens is 3. The van der Waals surface area contributed by atoms with E-state index in [0.29, 0.717) is 30.2 Å². The largest absolute Gasteiger partial charge is 0.573 e. The fourth-order valence-electron chi connectivity index (χ4n) is 3.31. The quantitative estimate of drug-likeness (QED) is 0.508. The molecule has 3 aromatic rings. The molecule has 1 saturated heterocycles. The number of carbonyl (C=O) groups is 2. The zero-order chi connectivity index (χ0) is 24.1. The van der Waals surface area contributed by atoms with E-state index in [-0.39, 0.29) is 23.9 Å². The number of aliphatic imine (C=N–C) groups is 1. The molecule has 0 atom stereocenters. The standard InChI is InChI=1S/C23H18F3N5O3/c24-23(25,26)34-19-6-4-16(5-7-19)15-30-11-12-31(22(30)33)20-13-17(8-10-28-20)21(32)29-14-18-3-1-2-9-27-18/h1-10,13-14H,11-12,15H2. The maximum atomic E-state index is 12.9. The van der Waals surface area contributed by atoms with E-state index in [0.717, 1.165) is 0 Å². The molecule has 1 fully saturated rings. The van der Waals surface area contributed by atoms with Crippen LogP contribution in [-0.4, -0.2) is 52.5 Å². The lowest BCUT2D eigenvalue weighted by Gasteiger charge is -2.18. The number of aromatic nitrogens is 2. The van der Waals surface area contributed by atoms with Crippen LogP contribution in [0.25, 0.3) is 0 Å². The number of urea groups is 1. The summed E-state index contributed by atoms with van der Waals surface area (Å²) in [7, 11) is 0. The second-order valence-corrected chi connectivity index (χ2v) is 7.27. The Bertz CT molecular complexity index is 1200. The number of benzene rings is 1. The van der Waals surface area contributed by atoms with Crippen LogP contribution in [0, 0.1) is 0 Å². The van der Waals surface area contributed by atoms with E-state index in [1.165, 1.54) is 58.6 Å². The fourth-order valence-corrected chi connectivity index (χ4v) is 3.31. The molecule has 0 N–H and O–H groups in total. The van der Waals surface area contributed by atoms with Crippen LogP contribution in [0.4, 0.5) is 23.8 Å². The predicted molar refractivity (Wildman–Crippen MR) is 117 cm³/mol. The smallest absolute Gasteiger partial charge is 0.406 e. The molecule has 1 aliphatic heterocycles. The van der Waals surface area contributed by atoms with Gasteiger partial charge >= 0.3 is 12.4 Å². The number of hydrogen-bond acceptors (Lipinski definition) is 5. The molecule has 1 aliphatic rings. The second-order valence-electron chi connectivity index (χ2n) is 7.27. The van der Waals surface area contributed by atoms with Gasteiger partial charge in [-0.2, -0.15) is 0 Å². The maximum absolute atomic E-state index is 12.9. The molecule has 0 bridgehead atoms. The van der Waals surface area contributed by atoms with Crippen LogP contribution in [0.1, 0.15) is 21.6 Å². The summed E-state index contributed by atoms with van der Waals surface area (Å²) in [5, 5.41) is 0. The van der Waals surface area contributed by atoms with Gasteiger partial charge in [0.15, 0.2) is 0 Å². The van der Waals surface area contributed by atoms with Crippen molar-refractivity contribution in [2.24, 2.45) is 4.99 Å². The summed E-state index contributed by atoms with van der Waals surface area (Å²) in [6, 6.07) is 13.2. The Morgan fingerprint density at radius 3 is 2.56 bits per heavy atom. The van der Waals surface area contributed by atoms with Crippen LogP contribution < -0.4 is 9.64 Å². The Hall–Kier alpha value is -4.28. The summed E-state index contributed by atoms with van der Waals surface area (Å²) in [5.41, 5.74) is 1.45. The Morgan fingerprint density at radius 2 is 1.85 bits per heavy atom. The van der Waals surface area contributed by atoms with E-state index in [2.05, 4.69) is 19.7 Å². The molecule has 2 aromatic heterocycles. The third-order valence-electron chi connectivity index (χ3n) is 4.90. The Kier molecular flexibility index (Phi) is 6.53. The molecule has 0 saturated carbocycles. The Balaban J connectivity index is 1.40. The van der Waals surface area contributed by atoms with Gasteiger partial charge in [0.25, 0.3) is 5.91 Å². The molecule has 174 valence electrons. The highest BCUT2D eigenvalue weighted by Crippen LogP contribution is 2.25. The maximum Gasteiger partial charge on any atom is 0.573 e. The molecule has 0 spiro atoms. The molecular formula is C23H18F3N5O3. The first-order chi connectivity index (χ1) is 16.3. The number of alkyl halides is 3. The molecule has 11 heteroatoms. The number of ether oxygens (including phenoxy) is 1. The molecule has 4 rings (SSSR count). The molecule has 0 radical (unpaired) electrons. The van der Waals surface area contributed by atoms with Crippen molar-refractivity contribution >= 4 is 24.0 Å². The van der Waals surface area contributed by atoms with Crippen LogP contribution in [0.15, 0.2) is 72.0 Å². The van der Waals surface area contributed by atoms with Crippen molar-refractivity contribution < 1.29 is 27.5 Å². The van der Waals surface area contributed by atoms with Crippen molar-refractivity contribution in [3.8, 4) is 5.75 Å². The third kappa shape index (κ3) is 5.74. The van der Waals surface area contributed by atoms with Crippen molar-refractivity contribution in [2.75, 3.05) is 18.0 Å².